The smallest absolute Gasteiger partial charge is 0.410 e. The highest BCUT2D eigenvalue weighted by molar-refractivity contribution is 5.90. The van der Waals surface area contributed by atoms with Gasteiger partial charge in [-0.3, -0.25) is 0 Å². The monoisotopic (exact) mass is 556 g/mol. The quantitative estimate of drug-likeness (QED) is 0.382. The van der Waals surface area contributed by atoms with E-state index in [1.54, 1.807) is 17.6 Å². The molecule has 0 spiro atoms. The fourth-order valence-corrected chi connectivity index (χ4v) is 5.18. The summed E-state index contributed by atoms with van der Waals surface area (Å²) in [5, 5.41) is 5.61. The number of ether oxygens (including phenoxy) is 1. The summed E-state index contributed by atoms with van der Waals surface area (Å²) in [5.74, 6) is 2.01. The Labute approximate surface area is 241 Å². The normalized spacial score (nSPS) is 16.5. The molecule has 0 atom stereocenters. The van der Waals surface area contributed by atoms with Crippen molar-refractivity contribution in [3.05, 3.63) is 61.2 Å². The van der Waals surface area contributed by atoms with Gasteiger partial charge in [0.05, 0.1) is 11.0 Å². The zero-order valence-corrected chi connectivity index (χ0v) is 24.3. The van der Waals surface area contributed by atoms with Gasteiger partial charge < -0.3 is 24.8 Å². The van der Waals surface area contributed by atoms with Crippen molar-refractivity contribution < 1.29 is 9.53 Å². The molecular weight excluding hydrogens is 516 g/mol. The molecule has 2 aliphatic rings. The third-order valence-corrected chi connectivity index (χ3v) is 7.13. The van der Waals surface area contributed by atoms with Crippen molar-refractivity contribution in [1.82, 2.24) is 30.2 Å². The molecule has 1 N–H and O–H groups in total. The van der Waals surface area contributed by atoms with Crippen LogP contribution in [-0.2, 0) is 4.74 Å². The van der Waals surface area contributed by atoms with E-state index >= 15 is 0 Å². The molecule has 10 nitrogen and oxygen atoms in total. The van der Waals surface area contributed by atoms with E-state index in [1.807, 2.05) is 63.2 Å². The molecule has 2 aliphatic heterocycles. The van der Waals surface area contributed by atoms with E-state index in [4.69, 9.17) is 4.74 Å². The lowest BCUT2D eigenvalue weighted by Crippen LogP contribution is -2.39. The van der Waals surface area contributed by atoms with Crippen molar-refractivity contribution in [3.63, 3.8) is 0 Å². The highest BCUT2D eigenvalue weighted by atomic mass is 16.6. The summed E-state index contributed by atoms with van der Waals surface area (Å²) in [7, 11) is 0. The highest BCUT2D eigenvalue weighted by Crippen LogP contribution is 2.24. The summed E-state index contributed by atoms with van der Waals surface area (Å²) >= 11 is 0. The summed E-state index contributed by atoms with van der Waals surface area (Å²) in [6.45, 7) is 12.8. The number of hydrogen-bond donors (Lipinski definition) is 1. The molecule has 0 radical (unpaired) electrons. The number of anilines is 2. The Morgan fingerprint density at radius 2 is 1.29 bits per heavy atom. The van der Waals surface area contributed by atoms with Crippen LogP contribution < -0.4 is 15.1 Å². The zero-order valence-electron chi connectivity index (χ0n) is 24.3. The van der Waals surface area contributed by atoms with Gasteiger partial charge in [0.2, 0.25) is 0 Å². The molecular formula is C31H40N8O2. The molecule has 2 aromatic carbocycles. The summed E-state index contributed by atoms with van der Waals surface area (Å²) in [5.41, 5.74) is 1.50. The van der Waals surface area contributed by atoms with Crippen molar-refractivity contribution in [2.24, 2.45) is 0 Å². The Bertz CT molecular complexity index is 1440. The van der Waals surface area contributed by atoms with E-state index < -0.39 is 5.60 Å². The molecule has 2 saturated heterocycles. The number of rotatable bonds is 2. The Balaban J connectivity index is 0.000000174. The molecule has 216 valence electrons. The molecule has 41 heavy (non-hydrogen) atoms. The fourth-order valence-electron chi connectivity index (χ4n) is 5.18. The van der Waals surface area contributed by atoms with Gasteiger partial charge in [-0.25, -0.2) is 24.7 Å². The summed E-state index contributed by atoms with van der Waals surface area (Å²) in [6, 6.07) is 16.2. The lowest BCUT2D eigenvalue weighted by atomic mass is 10.2. The predicted octanol–water partition coefficient (Wildman–Crippen LogP) is 4.51. The standard InChI is InChI=1S/C18H24N4O2.C13H16N4/c1-18(2,3)24-17(23)22-10-6-9-21(11-12-22)16-14-7-4-5-8-15(14)19-13-20-16;1-2-5-12-11(4-1)13(16-10-15-12)17-8-3-6-14-7-9-17/h4-5,7-8,13H,6,9-12H2,1-3H3;1-2,4-5,10,14H,3,6-9H2. The second-order valence-electron chi connectivity index (χ2n) is 11.3. The molecule has 6 rings (SSSR count). The first-order valence-electron chi connectivity index (χ1n) is 14.5. The first kappa shape index (κ1) is 28.5. The second kappa shape index (κ2) is 13.1. The molecule has 2 fully saturated rings. The van der Waals surface area contributed by atoms with Crippen LogP contribution in [-0.4, -0.2) is 88.9 Å². The van der Waals surface area contributed by atoms with E-state index in [2.05, 4.69) is 41.1 Å². The minimum absolute atomic E-state index is 0.239. The van der Waals surface area contributed by atoms with Gasteiger partial charge in [-0.15, -0.1) is 0 Å². The summed E-state index contributed by atoms with van der Waals surface area (Å²) in [4.78, 5) is 36.2. The highest BCUT2D eigenvalue weighted by Gasteiger charge is 2.25. The number of amides is 1. The van der Waals surface area contributed by atoms with E-state index in [-0.39, 0.29) is 6.09 Å². The predicted molar refractivity (Wildman–Crippen MR) is 163 cm³/mol. The van der Waals surface area contributed by atoms with Crippen LogP contribution in [0.4, 0.5) is 16.4 Å². The number of carbonyl (C=O) groups excluding carboxylic acids is 1. The van der Waals surface area contributed by atoms with Crippen LogP contribution in [0.5, 0.6) is 0 Å². The largest absolute Gasteiger partial charge is 0.444 e. The maximum Gasteiger partial charge on any atom is 0.410 e. The van der Waals surface area contributed by atoms with E-state index in [0.717, 1.165) is 79.1 Å². The van der Waals surface area contributed by atoms with Crippen molar-refractivity contribution in [2.75, 3.05) is 62.2 Å². The first-order valence-corrected chi connectivity index (χ1v) is 14.5. The number of hydrogen-bond acceptors (Lipinski definition) is 9. The van der Waals surface area contributed by atoms with Gasteiger partial charge in [0.15, 0.2) is 0 Å². The number of aromatic nitrogens is 4. The van der Waals surface area contributed by atoms with Gasteiger partial charge in [0, 0.05) is 56.6 Å². The number of nitrogens with zero attached hydrogens (tertiary/aromatic N) is 7. The zero-order chi connectivity index (χ0) is 28.7. The number of benzene rings is 2. The minimum atomic E-state index is -0.466. The van der Waals surface area contributed by atoms with Crippen molar-refractivity contribution in [3.8, 4) is 0 Å². The van der Waals surface area contributed by atoms with Gasteiger partial charge in [-0.05, 0) is 64.4 Å². The van der Waals surface area contributed by atoms with Crippen LogP contribution >= 0.6 is 0 Å². The van der Waals surface area contributed by atoms with Gasteiger partial charge >= 0.3 is 6.09 Å². The minimum Gasteiger partial charge on any atom is -0.444 e. The topological polar surface area (TPSA) is 99.6 Å². The summed E-state index contributed by atoms with van der Waals surface area (Å²) in [6.07, 6.45) is 5.08. The SMILES string of the molecule is CC(C)(C)OC(=O)N1CCCN(c2ncnc3ccccc23)CC1.c1ccc2c(N3CCCNCC3)ncnc2c1. The van der Waals surface area contributed by atoms with Crippen molar-refractivity contribution in [2.45, 2.75) is 39.2 Å². The van der Waals surface area contributed by atoms with Gasteiger partial charge in [-0.1, -0.05) is 24.3 Å². The molecule has 4 heterocycles. The Morgan fingerprint density at radius 3 is 1.93 bits per heavy atom. The van der Waals surface area contributed by atoms with Crippen molar-refractivity contribution in [1.29, 1.82) is 0 Å². The Morgan fingerprint density at radius 1 is 0.707 bits per heavy atom. The van der Waals surface area contributed by atoms with Crippen LogP contribution in [0.15, 0.2) is 61.2 Å². The van der Waals surface area contributed by atoms with Crippen LogP contribution in [0.3, 0.4) is 0 Å². The summed E-state index contributed by atoms with van der Waals surface area (Å²) < 4.78 is 5.49. The van der Waals surface area contributed by atoms with Crippen LogP contribution in [0.1, 0.15) is 33.6 Å². The average Bonchev–Trinajstić information content (AvgIpc) is 3.40. The van der Waals surface area contributed by atoms with Gasteiger partial charge in [0.1, 0.15) is 29.9 Å². The molecule has 1 amide bonds. The number of carbonyl (C=O) groups is 1. The fraction of sp³-hybridized carbons (Fsp3) is 0.452. The third kappa shape index (κ3) is 7.38. The lowest BCUT2D eigenvalue weighted by molar-refractivity contribution is 0.0263. The molecule has 4 aromatic rings. The van der Waals surface area contributed by atoms with Crippen LogP contribution in [0, 0.1) is 0 Å². The molecule has 0 saturated carbocycles. The molecule has 0 bridgehead atoms. The van der Waals surface area contributed by atoms with Gasteiger partial charge in [-0.2, -0.15) is 0 Å². The van der Waals surface area contributed by atoms with Crippen molar-refractivity contribution >= 4 is 39.5 Å². The van der Waals surface area contributed by atoms with Crippen LogP contribution in [0.2, 0.25) is 0 Å². The van der Waals surface area contributed by atoms with Gasteiger partial charge in [0.25, 0.3) is 0 Å². The first-order chi connectivity index (χ1) is 19.9. The number of fused-ring (bicyclic) bond motifs is 2. The maximum absolute atomic E-state index is 12.3. The Hall–Kier alpha value is -4.05. The van der Waals surface area contributed by atoms with E-state index in [1.165, 1.54) is 6.42 Å². The lowest BCUT2D eigenvalue weighted by Gasteiger charge is -2.26. The van der Waals surface area contributed by atoms with E-state index in [9.17, 15) is 4.79 Å². The Kier molecular flexibility index (Phi) is 9.08. The number of para-hydroxylation sites is 2. The number of nitrogens with one attached hydrogen (secondary N) is 1. The molecule has 10 heteroatoms. The van der Waals surface area contributed by atoms with E-state index in [0.29, 0.717) is 13.1 Å². The molecule has 0 unspecified atom stereocenters. The second-order valence-corrected chi connectivity index (χ2v) is 11.3. The third-order valence-electron chi connectivity index (χ3n) is 7.13. The van der Waals surface area contributed by atoms with Crippen LogP contribution in [0.25, 0.3) is 21.8 Å². The molecule has 2 aromatic heterocycles. The maximum atomic E-state index is 12.3. The average molecular weight is 557 g/mol. The molecule has 0 aliphatic carbocycles.